The van der Waals surface area contributed by atoms with Crippen molar-refractivity contribution >= 4 is 0 Å². The highest BCUT2D eigenvalue weighted by Gasteiger charge is 1.87. The van der Waals surface area contributed by atoms with Gasteiger partial charge in [-0.1, -0.05) is 31.9 Å². The largest absolute Gasteiger partial charge is 0.330 e. The van der Waals surface area contributed by atoms with Crippen molar-refractivity contribution in [2.45, 2.75) is 51.9 Å². The second-order valence-corrected chi connectivity index (χ2v) is 3.25. The van der Waals surface area contributed by atoms with Crippen LogP contribution in [0.4, 0.5) is 0 Å². The van der Waals surface area contributed by atoms with E-state index in [1.807, 2.05) is 0 Å². The molecule has 1 aliphatic rings. The SMILES string of the molecule is C1=CCCCC1.CCCCCN. The van der Waals surface area contributed by atoms with Gasteiger partial charge in [0.1, 0.15) is 0 Å². The number of nitrogens with two attached hydrogens (primary N) is 1. The number of unbranched alkanes of at least 4 members (excludes halogenated alkanes) is 2. The summed E-state index contributed by atoms with van der Waals surface area (Å²) in [5.41, 5.74) is 5.21. The first kappa shape index (κ1) is 11.7. The van der Waals surface area contributed by atoms with E-state index in [-0.39, 0.29) is 0 Å². The van der Waals surface area contributed by atoms with Gasteiger partial charge in [0.2, 0.25) is 0 Å². The van der Waals surface area contributed by atoms with Gasteiger partial charge >= 0.3 is 0 Å². The van der Waals surface area contributed by atoms with Crippen LogP contribution in [0.2, 0.25) is 0 Å². The first-order valence-corrected chi connectivity index (χ1v) is 5.27. The summed E-state index contributed by atoms with van der Waals surface area (Å²) in [7, 11) is 0. The molecule has 0 aromatic heterocycles. The average Bonchev–Trinajstić information content (AvgIpc) is 2.18. The van der Waals surface area contributed by atoms with E-state index in [1.54, 1.807) is 0 Å². The summed E-state index contributed by atoms with van der Waals surface area (Å²) in [5.74, 6) is 0. The van der Waals surface area contributed by atoms with Crippen LogP contribution in [-0.4, -0.2) is 6.54 Å². The van der Waals surface area contributed by atoms with E-state index < -0.39 is 0 Å². The first-order valence-electron chi connectivity index (χ1n) is 5.27. The Labute approximate surface area is 77.0 Å². The molecule has 0 aromatic carbocycles. The molecule has 0 bridgehead atoms. The fourth-order valence-electron chi connectivity index (χ4n) is 1.15. The normalized spacial score (nSPS) is 15.2. The molecule has 0 unspecified atom stereocenters. The topological polar surface area (TPSA) is 26.0 Å². The van der Waals surface area contributed by atoms with Gasteiger partial charge in [-0.2, -0.15) is 0 Å². The number of rotatable bonds is 3. The maximum Gasteiger partial charge on any atom is -0.00773 e. The summed E-state index contributed by atoms with van der Waals surface area (Å²) in [4.78, 5) is 0. The van der Waals surface area contributed by atoms with Gasteiger partial charge in [-0.15, -0.1) is 0 Å². The van der Waals surface area contributed by atoms with Crippen molar-refractivity contribution in [1.82, 2.24) is 0 Å². The Morgan fingerprint density at radius 1 is 1.08 bits per heavy atom. The van der Waals surface area contributed by atoms with E-state index in [9.17, 15) is 0 Å². The molecule has 0 aromatic rings. The van der Waals surface area contributed by atoms with Gasteiger partial charge in [0.05, 0.1) is 0 Å². The molecule has 0 saturated heterocycles. The lowest BCUT2D eigenvalue weighted by Gasteiger charge is -1.97. The van der Waals surface area contributed by atoms with Gasteiger partial charge < -0.3 is 5.73 Å². The first-order chi connectivity index (χ1) is 5.91. The van der Waals surface area contributed by atoms with Crippen molar-refractivity contribution in [3.8, 4) is 0 Å². The van der Waals surface area contributed by atoms with Gasteiger partial charge in [0, 0.05) is 0 Å². The Hall–Kier alpha value is -0.300. The minimum Gasteiger partial charge on any atom is -0.330 e. The lowest BCUT2D eigenvalue weighted by molar-refractivity contribution is 0.727. The van der Waals surface area contributed by atoms with Crippen molar-refractivity contribution < 1.29 is 0 Å². The lowest BCUT2D eigenvalue weighted by atomic mass is 10.1. The standard InChI is InChI=1S/C6H10.C5H13N/c1-2-4-6-5-3-1;1-2-3-4-5-6/h1-2H,3-6H2;2-6H2,1H3. The minimum absolute atomic E-state index is 0.855. The monoisotopic (exact) mass is 169 g/mol. The van der Waals surface area contributed by atoms with Crippen molar-refractivity contribution in [3.05, 3.63) is 12.2 Å². The lowest BCUT2D eigenvalue weighted by Crippen LogP contribution is -1.96. The molecule has 1 nitrogen and oxygen atoms in total. The van der Waals surface area contributed by atoms with Gasteiger partial charge in [0.15, 0.2) is 0 Å². The molecular formula is C11H23N. The Kier molecular flexibility index (Phi) is 10.4. The van der Waals surface area contributed by atoms with Crippen molar-refractivity contribution in [2.24, 2.45) is 5.73 Å². The van der Waals surface area contributed by atoms with Crippen molar-refractivity contribution in [1.29, 1.82) is 0 Å². The van der Waals surface area contributed by atoms with Crippen LogP contribution in [-0.2, 0) is 0 Å². The Morgan fingerprint density at radius 2 is 1.67 bits per heavy atom. The fraction of sp³-hybridized carbons (Fsp3) is 0.818. The third-order valence-electron chi connectivity index (χ3n) is 1.97. The zero-order chi connectivity index (χ0) is 9.07. The highest BCUT2D eigenvalue weighted by molar-refractivity contribution is 4.85. The fourth-order valence-corrected chi connectivity index (χ4v) is 1.15. The van der Waals surface area contributed by atoms with Crippen molar-refractivity contribution in [3.63, 3.8) is 0 Å². The molecule has 0 spiro atoms. The summed E-state index contributed by atoms with van der Waals surface area (Å²) >= 11 is 0. The van der Waals surface area contributed by atoms with E-state index in [4.69, 9.17) is 5.73 Å². The summed E-state index contributed by atoms with van der Waals surface area (Å²) in [6, 6.07) is 0. The third-order valence-corrected chi connectivity index (χ3v) is 1.97. The van der Waals surface area contributed by atoms with Crippen LogP contribution in [0, 0.1) is 0 Å². The predicted octanol–water partition coefficient (Wildman–Crippen LogP) is 3.25. The Bertz CT molecular complexity index is 85.2. The smallest absolute Gasteiger partial charge is 0.00773 e. The highest BCUT2D eigenvalue weighted by Crippen LogP contribution is 2.07. The zero-order valence-electron chi connectivity index (χ0n) is 8.39. The molecule has 0 atom stereocenters. The molecule has 72 valence electrons. The van der Waals surface area contributed by atoms with E-state index in [2.05, 4.69) is 19.1 Å². The molecule has 0 saturated carbocycles. The summed E-state index contributed by atoms with van der Waals surface area (Å²) in [6.45, 7) is 3.03. The number of hydrogen-bond acceptors (Lipinski definition) is 1. The summed E-state index contributed by atoms with van der Waals surface area (Å²) in [6.07, 6.45) is 13.8. The molecule has 1 rings (SSSR count). The maximum atomic E-state index is 5.21. The summed E-state index contributed by atoms with van der Waals surface area (Å²) < 4.78 is 0. The molecule has 1 aliphatic carbocycles. The second kappa shape index (κ2) is 10.7. The van der Waals surface area contributed by atoms with Gasteiger partial charge in [-0.05, 0) is 38.6 Å². The van der Waals surface area contributed by atoms with Crippen LogP contribution in [0.15, 0.2) is 12.2 Å². The Balaban J connectivity index is 0.000000202. The van der Waals surface area contributed by atoms with Crippen LogP contribution >= 0.6 is 0 Å². The van der Waals surface area contributed by atoms with Crippen LogP contribution in [0.3, 0.4) is 0 Å². The quantitative estimate of drug-likeness (QED) is 0.509. The molecule has 0 radical (unpaired) electrons. The maximum absolute atomic E-state index is 5.21. The van der Waals surface area contributed by atoms with E-state index in [0.717, 1.165) is 6.54 Å². The van der Waals surface area contributed by atoms with Crippen molar-refractivity contribution in [2.75, 3.05) is 6.54 Å². The molecule has 0 aliphatic heterocycles. The molecule has 0 fully saturated rings. The minimum atomic E-state index is 0.855. The molecule has 2 N–H and O–H groups in total. The average molecular weight is 169 g/mol. The molecule has 1 heteroatoms. The number of hydrogen-bond donors (Lipinski definition) is 1. The van der Waals surface area contributed by atoms with E-state index in [1.165, 1.54) is 44.9 Å². The Morgan fingerprint density at radius 3 is 1.83 bits per heavy atom. The van der Waals surface area contributed by atoms with E-state index >= 15 is 0 Å². The predicted molar refractivity (Wildman–Crippen MR) is 56.2 cm³/mol. The second-order valence-electron chi connectivity index (χ2n) is 3.25. The highest BCUT2D eigenvalue weighted by atomic mass is 14.5. The van der Waals surface area contributed by atoms with Crippen LogP contribution in [0.5, 0.6) is 0 Å². The molecular weight excluding hydrogens is 146 g/mol. The van der Waals surface area contributed by atoms with Gasteiger partial charge in [-0.3, -0.25) is 0 Å². The van der Waals surface area contributed by atoms with E-state index in [0.29, 0.717) is 0 Å². The third kappa shape index (κ3) is 9.70. The zero-order valence-corrected chi connectivity index (χ0v) is 8.39. The number of allylic oxidation sites excluding steroid dienone is 2. The van der Waals surface area contributed by atoms with Crippen LogP contribution < -0.4 is 5.73 Å². The van der Waals surface area contributed by atoms with Crippen LogP contribution in [0.1, 0.15) is 51.9 Å². The summed E-state index contributed by atoms with van der Waals surface area (Å²) in [5, 5.41) is 0. The van der Waals surface area contributed by atoms with Crippen LogP contribution in [0.25, 0.3) is 0 Å². The van der Waals surface area contributed by atoms with Gasteiger partial charge in [0.25, 0.3) is 0 Å². The van der Waals surface area contributed by atoms with Gasteiger partial charge in [-0.25, -0.2) is 0 Å². The molecule has 12 heavy (non-hydrogen) atoms. The molecule has 0 amide bonds. The molecule has 0 heterocycles.